The molecule has 0 spiro atoms. The van der Waals surface area contributed by atoms with Gasteiger partial charge in [-0.3, -0.25) is 4.79 Å². The highest BCUT2D eigenvalue weighted by molar-refractivity contribution is 5.75. The first-order valence-corrected chi connectivity index (χ1v) is 8.13. The molecular formula is C17H30O2. The molecule has 0 saturated heterocycles. The van der Waals surface area contributed by atoms with E-state index in [4.69, 9.17) is 0 Å². The zero-order valence-corrected chi connectivity index (χ0v) is 12.9. The first kappa shape index (κ1) is 14.9. The first-order valence-electron chi connectivity index (χ1n) is 8.13. The van der Waals surface area contributed by atoms with Crippen LogP contribution < -0.4 is 0 Å². The van der Waals surface area contributed by atoms with E-state index in [0.717, 1.165) is 44.4 Å². The lowest BCUT2D eigenvalue weighted by Crippen LogP contribution is -2.44. The highest BCUT2D eigenvalue weighted by Gasteiger charge is 2.49. The summed E-state index contributed by atoms with van der Waals surface area (Å²) in [6, 6.07) is 0. The van der Waals surface area contributed by atoms with Crippen LogP contribution in [0.5, 0.6) is 0 Å². The van der Waals surface area contributed by atoms with Gasteiger partial charge in [0, 0.05) is 0 Å². The van der Waals surface area contributed by atoms with Crippen LogP contribution in [0.3, 0.4) is 0 Å². The number of hydrogen-bond acceptors (Lipinski definition) is 1. The molecule has 2 fully saturated rings. The molecule has 0 amide bonds. The van der Waals surface area contributed by atoms with Gasteiger partial charge in [-0.2, -0.15) is 0 Å². The smallest absolute Gasteiger partial charge is 0.309 e. The molecule has 0 unspecified atom stereocenters. The van der Waals surface area contributed by atoms with Crippen molar-refractivity contribution in [2.24, 2.45) is 22.7 Å². The van der Waals surface area contributed by atoms with E-state index >= 15 is 0 Å². The van der Waals surface area contributed by atoms with Crippen molar-refractivity contribution in [3.8, 4) is 0 Å². The second-order valence-corrected chi connectivity index (χ2v) is 7.75. The molecule has 2 aliphatic carbocycles. The van der Waals surface area contributed by atoms with Crippen molar-refractivity contribution in [2.75, 3.05) is 0 Å². The largest absolute Gasteiger partial charge is 0.481 e. The third-order valence-corrected chi connectivity index (χ3v) is 6.13. The van der Waals surface area contributed by atoms with Crippen LogP contribution in [0.15, 0.2) is 0 Å². The van der Waals surface area contributed by atoms with Gasteiger partial charge in [-0.1, -0.05) is 40.0 Å². The predicted octanol–water partition coefficient (Wildman–Crippen LogP) is 4.87. The van der Waals surface area contributed by atoms with Gasteiger partial charge in [-0.15, -0.1) is 0 Å². The molecule has 19 heavy (non-hydrogen) atoms. The summed E-state index contributed by atoms with van der Waals surface area (Å²) in [5.41, 5.74) is -0.0478. The van der Waals surface area contributed by atoms with Crippen molar-refractivity contribution in [3.63, 3.8) is 0 Å². The highest BCUT2D eigenvalue weighted by atomic mass is 16.4. The van der Waals surface area contributed by atoms with E-state index in [1.54, 1.807) is 0 Å². The third kappa shape index (κ3) is 2.98. The molecule has 0 bridgehead atoms. The average Bonchev–Trinajstić information content (AvgIpc) is 2.39. The van der Waals surface area contributed by atoms with Gasteiger partial charge < -0.3 is 5.11 Å². The molecule has 0 aromatic carbocycles. The normalized spacial score (nSPS) is 33.8. The van der Waals surface area contributed by atoms with Crippen molar-refractivity contribution in [3.05, 3.63) is 0 Å². The fourth-order valence-electron chi connectivity index (χ4n) is 4.29. The lowest BCUT2D eigenvalue weighted by atomic mass is 9.56. The summed E-state index contributed by atoms with van der Waals surface area (Å²) in [6.45, 7) is 6.83. The minimum atomic E-state index is -0.511. The second-order valence-electron chi connectivity index (χ2n) is 7.75. The first-order chi connectivity index (χ1) is 8.89. The Morgan fingerprint density at radius 1 is 1.05 bits per heavy atom. The zero-order valence-electron chi connectivity index (χ0n) is 12.9. The number of aliphatic carboxylic acids is 1. The maximum absolute atomic E-state index is 11.9. The van der Waals surface area contributed by atoms with Gasteiger partial charge >= 0.3 is 5.97 Å². The third-order valence-electron chi connectivity index (χ3n) is 6.13. The molecule has 0 radical (unpaired) electrons. The summed E-state index contributed by atoms with van der Waals surface area (Å²) in [5.74, 6) is 0.772. The van der Waals surface area contributed by atoms with Crippen LogP contribution in [0.25, 0.3) is 0 Å². The SMILES string of the molecule is CCC1CCC(C2(C(=O)O)CCC(C)(C)CC2)CC1. The molecule has 0 heterocycles. The number of hydrogen-bond donors (Lipinski definition) is 1. The lowest BCUT2D eigenvalue weighted by Gasteiger charge is -2.47. The Morgan fingerprint density at radius 3 is 2.00 bits per heavy atom. The van der Waals surface area contributed by atoms with Crippen molar-refractivity contribution in [1.82, 2.24) is 0 Å². The van der Waals surface area contributed by atoms with E-state index in [2.05, 4.69) is 20.8 Å². The lowest BCUT2D eigenvalue weighted by molar-refractivity contribution is -0.158. The van der Waals surface area contributed by atoms with Crippen LogP contribution >= 0.6 is 0 Å². The van der Waals surface area contributed by atoms with Crippen LogP contribution in [-0.2, 0) is 4.79 Å². The van der Waals surface area contributed by atoms with Gasteiger partial charge in [0.2, 0.25) is 0 Å². The van der Waals surface area contributed by atoms with Gasteiger partial charge in [0.1, 0.15) is 0 Å². The highest BCUT2D eigenvalue weighted by Crippen LogP contribution is 2.53. The topological polar surface area (TPSA) is 37.3 Å². The monoisotopic (exact) mass is 266 g/mol. The molecule has 1 N–H and O–H groups in total. The standard InChI is InChI=1S/C17H30O2/c1-4-13-5-7-14(8-6-13)17(15(18)19)11-9-16(2,3)10-12-17/h13-14H,4-12H2,1-3H3,(H,18,19). The fraction of sp³-hybridized carbons (Fsp3) is 0.941. The van der Waals surface area contributed by atoms with Gasteiger partial charge in [-0.05, 0) is 55.8 Å². The number of carboxylic acid groups (broad SMARTS) is 1. The van der Waals surface area contributed by atoms with Crippen molar-refractivity contribution in [2.45, 2.75) is 78.6 Å². The van der Waals surface area contributed by atoms with Crippen molar-refractivity contribution in [1.29, 1.82) is 0 Å². The maximum atomic E-state index is 11.9. The summed E-state index contributed by atoms with van der Waals surface area (Å²) in [5, 5.41) is 9.83. The number of rotatable bonds is 3. The summed E-state index contributed by atoms with van der Waals surface area (Å²) >= 11 is 0. The molecule has 2 aliphatic rings. The molecule has 0 aromatic rings. The predicted molar refractivity (Wildman–Crippen MR) is 78.1 cm³/mol. The summed E-state index contributed by atoms with van der Waals surface area (Å²) in [4.78, 5) is 11.9. The number of carbonyl (C=O) groups is 1. The Bertz CT molecular complexity index is 314. The summed E-state index contributed by atoms with van der Waals surface area (Å²) < 4.78 is 0. The molecule has 2 nitrogen and oxygen atoms in total. The molecule has 2 heteroatoms. The molecule has 2 saturated carbocycles. The Morgan fingerprint density at radius 2 is 1.58 bits per heavy atom. The molecule has 110 valence electrons. The second kappa shape index (κ2) is 5.46. The molecule has 2 rings (SSSR count). The van der Waals surface area contributed by atoms with E-state index < -0.39 is 11.4 Å². The van der Waals surface area contributed by atoms with Crippen LogP contribution in [0, 0.1) is 22.7 Å². The van der Waals surface area contributed by atoms with Crippen molar-refractivity contribution >= 4 is 5.97 Å². The summed E-state index contributed by atoms with van der Waals surface area (Å²) in [6.07, 6.45) is 10.0. The fourth-order valence-corrected chi connectivity index (χ4v) is 4.29. The quantitative estimate of drug-likeness (QED) is 0.791. The minimum absolute atomic E-state index is 0.347. The molecular weight excluding hydrogens is 236 g/mol. The molecule has 0 aromatic heterocycles. The van der Waals surface area contributed by atoms with Crippen LogP contribution in [0.2, 0.25) is 0 Å². The van der Waals surface area contributed by atoms with E-state index in [1.807, 2.05) is 0 Å². The maximum Gasteiger partial charge on any atom is 0.309 e. The van der Waals surface area contributed by atoms with Gasteiger partial charge in [0.05, 0.1) is 5.41 Å². The number of carboxylic acids is 1. The molecule has 0 aliphatic heterocycles. The Kier molecular flexibility index (Phi) is 4.27. The van der Waals surface area contributed by atoms with Crippen LogP contribution in [-0.4, -0.2) is 11.1 Å². The van der Waals surface area contributed by atoms with Gasteiger partial charge in [0.25, 0.3) is 0 Å². The van der Waals surface area contributed by atoms with E-state index in [9.17, 15) is 9.90 Å². The van der Waals surface area contributed by atoms with E-state index in [-0.39, 0.29) is 0 Å². The minimum Gasteiger partial charge on any atom is -0.481 e. The van der Waals surface area contributed by atoms with E-state index in [0.29, 0.717) is 11.3 Å². The van der Waals surface area contributed by atoms with Crippen LogP contribution in [0.4, 0.5) is 0 Å². The summed E-state index contributed by atoms with van der Waals surface area (Å²) in [7, 11) is 0. The Hall–Kier alpha value is -0.530. The van der Waals surface area contributed by atoms with E-state index in [1.165, 1.54) is 19.3 Å². The Balaban J connectivity index is 2.07. The average molecular weight is 266 g/mol. The van der Waals surface area contributed by atoms with Gasteiger partial charge in [-0.25, -0.2) is 0 Å². The molecule has 0 atom stereocenters. The van der Waals surface area contributed by atoms with Crippen molar-refractivity contribution < 1.29 is 9.90 Å². The zero-order chi connectivity index (χ0) is 14.1. The van der Waals surface area contributed by atoms with Gasteiger partial charge in [0.15, 0.2) is 0 Å². The Labute approximate surface area is 118 Å². The van der Waals surface area contributed by atoms with Crippen LogP contribution in [0.1, 0.15) is 78.6 Å².